The first-order valence-electron chi connectivity index (χ1n) is 8.29. The molecule has 2 aromatic carbocycles. The summed E-state index contributed by atoms with van der Waals surface area (Å²) >= 11 is 0. The molecule has 2 nitrogen and oxygen atoms in total. The topological polar surface area (TPSA) is 6.48 Å². The molecule has 23 heavy (non-hydrogen) atoms. The van der Waals surface area contributed by atoms with Crippen molar-refractivity contribution in [2.75, 3.05) is 19.6 Å². The molecule has 0 aromatic heterocycles. The molecule has 1 fully saturated rings. The van der Waals surface area contributed by atoms with E-state index in [4.69, 9.17) is 0 Å². The van der Waals surface area contributed by atoms with E-state index < -0.39 is 0 Å². The third-order valence-electron chi connectivity index (χ3n) is 4.87. The minimum Gasteiger partial charge on any atom is -0.362 e. The molecular weight excluding hydrogens is 280 g/mol. The summed E-state index contributed by atoms with van der Waals surface area (Å²) in [6.07, 6.45) is 4.47. The Morgan fingerprint density at radius 2 is 1.74 bits per heavy atom. The molecule has 2 heterocycles. The number of hydrogen-bond acceptors (Lipinski definition) is 2. The first-order valence-corrected chi connectivity index (χ1v) is 8.29. The summed E-state index contributed by atoms with van der Waals surface area (Å²) in [6, 6.07) is 19.7. The second kappa shape index (κ2) is 6.05. The van der Waals surface area contributed by atoms with Crippen molar-refractivity contribution < 1.29 is 0 Å². The molecule has 0 unspecified atom stereocenters. The minimum absolute atomic E-state index is 0.611. The van der Waals surface area contributed by atoms with Gasteiger partial charge in [0.1, 0.15) is 0 Å². The number of hydrogen-bond donors (Lipinski definition) is 0. The molecule has 0 aliphatic carbocycles. The van der Waals surface area contributed by atoms with E-state index in [1.807, 2.05) is 0 Å². The second-order valence-corrected chi connectivity index (χ2v) is 6.42. The van der Waals surface area contributed by atoms with Crippen LogP contribution in [0.25, 0.3) is 11.8 Å². The number of rotatable bonds is 4. The van der Waals surface area contributed by atoms with E-state index in [1.165, 1.54) is 22.4 Å². The van der Waals surface area contributed by atoms with Crippen LogP contribution in [-0.4, -0.2) is 35.5 Å². The Kier molecular flexibility index (Phi) is 3.76. The normalized spacial score (nSPS) is 18.4. The summed E-state index contributed by atoms with van der Waals surface area (Å²) in [5.41, 5.74) is 5.22. The van der Waals surface area contributed by atoms with Crippen molar-refractivity contribution in [3.63, 3.8) is 0 Å². The van der Waals surface area contributed by atoms with Gasteiger partial charge < -0.3 is 4.90 Å². The van der Waals surface area contributed by atoms with Crippen LogP contribution in [0.2, 0.25) is 0 Å². The van der Waals surface area contributed by atoms with Gasteiger partial charge >= 0.3 is 0 Å². The molecule has 2 aliphatic heterocycles. The largest absolute Gasteiger partial charge is 0.362 e. The van der Waals surface area contributed by atoms with E-state index in [2.05, 4.69) is 83.1 Å². The summed E-state index contributed by atoms with van der Waals surface area (Å²) in [5, 5.41) is 0. The molecule has 0 spiro atoms. The van der Waals surface area contributed by atoms with Crippen LogP contribution in [0.15, 0.2) is 67.3 Å². The number of benzene rings is 2. The molecule has 0 atom stereocenters. The monoisotopic (exact) mass is 302 g/mol. The lowest BCUT2D eigenvalue weighted by Gasteiger charge is -2.45. The van der Waals surface area contributed by atoms with Crippen LogP contribution in [0.4, 0.5) is 0 Å². The zero-order valence-electron chi connectivity index (χ0n) is 13.4. The van der Waals surface area contributed by atoms with Gasteiger partial charge in [0.05, 0.1) is 6.04 Å². The van der Waals surface area contributed by atoms with Gasteiger partial charge in [-0.2, -0.15) is 0 Å². The highest BCUT2D eigenvalue weighted by Gasteiger charge is 2.35. The van der Waals surface area contributed by atoms with Gasteiger partial charge in [-0.05, 0) is 11.1 Å². The Morgan fingerprint density at radius 3 is 2.52 bits per heavy atom. The highest BCUT2D eigenvalue weighted by molar-refractivity contribution is 5.69. The molecule has 0 N–H and O–H groups in total. The lowest BCUT2D eigenvalue weighted by atomic mass is 10.1. The molecule has 0 bridgehead atoms. The average Bonchev–Trinajstić information content (AvgIpc) is 2.88. The van der Waals surface area contributed by atoms with Crippen molar-refractivity contribution >= 4 is 11.8 Å². The molecule has 2 heteroatoms. The molecule has 0 radical (unpaired) electrons. The van der Waals surface area contributed by atoms with Crippen molar-refractivity contribution in [2.24, 2.45) is 0 Å². The van der Waals surface area contributed by atoms with Gasteiger partial charge in [0.15, 0.2) is 0 Å². The summed E-state index contributed by atoms with van der Waals surface area (Å²) in [4.78, 5) is 4.96. The average molecular weight is 302 g/mol. The highest BCUT2D eigenvalue weighted by Crippen LogP contribution is 2.35. The van der Waals surface area contributed by atoms with Crippen LogP contribution >= 0.6 is 0 Å². The zero-order valence-corrected chi connectivity index (χ0v) is 13.4. The van der Waals surface area contributed by atoms with Crippen LogP contribution < -0.4 is 0 Å². The van der Waals surface area contributed by atoms with Gasteiger partial charge in [-0.1, -0.05) is 73.3 Å². The Balaban J connectivity index is 1.29. The van der Waals surface area contributed by atoms with Gasteiger partial charge in [0.2, 0.25) is 0 Å². The van der Waals surface area contributed by atoms with Crippen molar-refractivity contribution in [3.8, 4) is 0 Å². The molecule has 116 valence electrons. The molecule has 2 aromatic rings. The van der Waals surface area contributed by atoms with Gasteiger partial charge in [0, 0.05) is 37.4 Å². The van der Waals surface area contributed by atoms with E-state index >= 15 is 0 Å². The summed E-state index contributed by atoms with van der Waals surface area (Å²) in [6.45, 7) is 8.61. The summed E-state index contributed by atoms with van der Waals surface area (Å²) in [5.74, 6) is 0. The smallest absolute Gasteiger partial charge is 0.0548 e. The van der Waals surface area contributed by atoms with Crippen molar-refractivity contribution in [2.45, 2.75) is 12.6 Å². The lowest BCUT2D eigenvalue weighted by Crippen LogP contribution is -2.57. The third-order valence-corrected chi connectivity index (χ3v) is 4.87. The fourth-order valence-corrected chi connectivity index (χ4v) is 3.51. The zero-order chi connectivity index (χ0) is 15.6. The molecule has 0 amide bonds. The molecule has 0 saturated carbocycles. The van der Waals surface area contributed by atoms with Crippen molar-refractivity contribution in [1.82, 2.24) is 9.80 Å². The standard InChI is InChI=1S/C21H22N2/c1-17-21-12-6-5-11-19(21)14-23(17)20-15-22(16-20)13-7-10-18-8-3-2-4-9-18/h2-12,20H,1,13-16H2/b10-7-. The van der Waals surface area contributed by atoms with E-state index in [0.717, 1.165) is 26.2 Å². The van der Waals surface area contributed by atoms with Gasteiger partial charge in [0.25, 0.3) is 0 Å². The number of likely N-dealkylation sites (tertiary alicyclic amines) is 1. The van der Waals surface area contributed by atoms with Crippen LogP contribution in [-0.2, 0) is 6.54 Å². The van der Waals surface area contributed by atoms with E-state index in [9.17, 15) is 0 Å². The summed E-state index contributed by atoms with van der Waals surface area (Å²) in [7, 11) is 0. The number of nitrogens with zero attached hydrogens (tertiary/aromatic N) is 2. The minimum atomic E-state index is 0.611. The highest BCUT2D eigenvalue weighted by atomic mass is 15.3. The van der Waals surface area contributed by atoms with Crippen LogP contribution in [0, 0.1) is 0 Å². The van der Waals surface area contributed by atoms with E-state index in [-0.39, 0.29) is 0 Å². The number of fused-ring (bicyclic) bond motifs is 1. The Morgan fingerprint density at radius 1 is 1.00 bits per heavy atom. The predicted molar refractivity (Wildman–Crippen MR) is 96.7 cm³/mol. The maximum Gasteiger partial charge on any atom is 0.0548 e. The Bertz CT molecular complexity index is 727. The third kappa shape index (κ3) is 2.82. The van der Waals surface area contributed by atoms with Gasteiger partial charge in [-0.25, -0.2) is 0 Å². The lowest BCUT2D eigenvalue weighted by molar-refractivity contribution is 0.0781. The van der Waals surface area contributed by atoms with E-state index in [1.54, 1.807) is 0 Å². The van der Waals surface area contributed by atoms with E-state index in [0.29, 0.717) is 6.04 Å². The summed E-state index contributed by atoms with van der Waals surface area (Å²) < 4.78 is 0. The Labute approximate surface area is 138 Å². The van der Waals surface area contributed by atoms with Gasteiger partial charge in [-0.3, -0.25) is 4.90 Å². The van der Waals surface area contributed by atoms with Crippen molar-refractivity contribution in [3.05, 3.63) is 83.9 Å². The molecular formula is C21H22N2. The Hall–Kier alpha value is -2.32. The SMILES string of the molecule is C=C1c2ccccc2CN1C1CN(C/C=C\c2ccccc2)C1. The van der Waals surface area contributed by atoms with Crippen LogP contribution in [0.1, 0.15) is 16.7 Å². The van der Waals surface area contributed by atoms with Crippen molar-refractivity contribution in [1.29, 1.82) is 0 Å². The van der Waals surface area contributed by atoms with Crippen LogP contribution in [0.5, 0.6) is 0 Å². The quantitative estimate of drug-likeness (QED) is 0.846. The fourth-order valence-electron chi connectivity index (χ4n) is 3.51. The first-order chi connectivity index (χ1) is 11.3. The maximum absolute atomic E-state index is 4.30. The van der Waals surface area contributed by atoms with Crippen LogP contribution in [0.3, 0.4) is 0 Å². The molecule has 4 rings (SSSR count). The molecule has 2 aliphatic rings. The fraction of sp³-hybridized carbons (Fsp3) is 0.238. The predicted octanol–water partition coefficient (Wildman–Crippen LogP) is 3.87. The molecule has 1 saturated heterocycles. The van der Waals surface area contributed by atoms with Gasteiger partial charge in [-0.15, -0.1) is 0 Å². The first kappa shape index (κ1) is 14.3. The second-order valence-electron chi connectivity index (χ2n) is 6.42. The maximum atomic E-state index is 4.30.